The van der Waals surface area contributed by atoms with Gasteiger partial charge in [-0.25, -0.2) is 13.8 Å². The minimum absolute atomic E-state index is 0.0219. The van der Waals surface area contributed by atoms with Crippen LogP contribution in [0.3, 0.4) is 0 Å². The Labute approximate surface area is 228 Å². The van der Waals surface area contributed by atoms with Gasteiger partial charge < -0.3 is 14.3 Å². The molecule has 3 heterocycles. The van der Waals surface area contributed by atoms with Crippen LogP contribution in [0.2, 0.25) is 0 Å². The number of carbonyl (C=O) groups excluding carboxylic acids is 2. The maximum atomic E-state index is 14.7. The number of pyridine rings is 1. The van der Waals surface area contributed by atoms with E-state index in [0.29, 0.717) is 11.0 Å². The number of anilines is 1. The van der Waals surface area contributed by atoms with E-state index in [1.165, 1.54) is 57.9 Å². The van der Waals surface area contributed by atoms with Crippen LogP contribution in [0.4, 0.5) is 27.6 Å². The monoisotopic (exact) mass is 572 g/mol. The molecule has 3 aromatic heterocycles. The van der Waals surface area contributed by atoms with Crippen molar-refractivity contribution in [2.75, 3.05) is 11.2 Å². The smallest absolute Gasteiger partial charge is 0.334 e. The Balaban J connectivity index is 1.58. The number of allylic oxidation sites excluding steroid dienone is 1. The van der Waals surface area contributed by atoms with Crippen LogP contribution in [0.5, 0.6) is 0 Å². The average Bonchev–Trinajstić information content (AvgIpc) is 3.51. The summed E-state index contributed by atoms with van der Waals surface area (Å²) in [6, 6.07) is 9.66. The van der Waals surface area contributed by atoms with Gasteiger partial charge in [-0.05, 0) is 48.0 Å². The van der Waals surface area contributed by atoms with E-state index in [9.17, 15) is 31.5 Å². The van der Waals surface area contributed by atoms with Crippen LogP contribution in [0.15, 0.2) is 73.2 Å². The number of aryl methyl sites for hydroxylation is 1. The normalized spacial score (nSPS) is 12.1. The lowest BCUT2D eigenvalue weighted by molar-refractivity contribution is -0.137. The number of hydrogen-bond donors (Lipinski definition) is 1. The molecule has 0 unspecified atom stereocenters. The van der Waals surface area contributed by atoms with Crippen LogP contribution >= 0.6 is 11.6 Å². The lowest BCUT2D eigenvalue weighted by Gasteiger charge is -2.15. The first-order valence-corrected chi connectivity index (χ1v) is 12.2. The summed E-state index contributed by atoms with van der Waals surface area (Å²) in [7, 11) is 1.59. The highest BCUT2D eigenvalue weighted by Crippen LogP contribution is 2.41. The first-order chi connectivity index (χ1) is 19.0. The number of ketones is 1. The number of hydrogen-bond acceptors (Lipinski definition) is 3. The zero-order valence-electron chi connectivity index (χ0n) is 20.6. The standard InChI is InChI=1S/C28H18ClF5N4O2/c1-37-14-35-21-12-17(18(13-24(21)37)28(32,33)34)16-4-3-9-38-22(16)6-7-23(38)27(40)15-10-19(30)26(20(31)11-15)36-25(39)5-2-8-29/h2-7,9-14H,8H2,1H3,(H,36,39)/b5-2+. The molecular formula is C28H18ClF5N4O2. The van der Waals surface area contributed by atoms with Crippen LogP contribution in [0.25, 0.3) is 27.7 Å². The Morgan fingerprint density at radius 2 is 1.75 bits per heavy atom. The Hall–Kier alpha value is -4.51. The number of alkyl halides is 4. The van der Waals surface area contributed by atoms with E-state index in [2.05, 4.69) is 10.3 Å². The summed E-state index contributed by atoms with van der Waals surface area (Å²) in [4.78, 5) is 29.3. The highest BCUT2D eigenvalue weighted by atomic mass is 35.5. The van der Waals surface area contributed by atoms with Gasteiger partial charge in [0, 0.05) is 36.3 Å². The van der Waals surface area contributed by atoms with Crippen LogP contribution in [-0.2, 0) is 18.0 Å². The van der Waals surface area contributed by atoms with E-state index in [1.54, 1.807) is 7.05 Å². The molecular weight excluding hydrogens is 555 g/mol. The molecule has 0 aliphatic rings. The topological polar surface area (TPSA) is 68.4 Å². The van der Waals surface area contributed by atoms with E-state index in [1.807, 2.05) is 0 Å². The van der Waals surface area contributed by atoms with Gasteiger partial charge in [0.15, 0.2) is 0 Å². The van der Waals surface area contributed by atoms with Gasteiger partial charge in [-0.3, -0.25) is 9.59 Å². The molecule has 0 saturated heterocycles. The molecule has 1 amide bonds. The van der Waals surface area contributed by atoms with Gasteiger partial charge >= 0.3 is 6.18 Å². The highest BCUT2D eigenvalue weighted by Gasteiger charge is 2.35. The molecule has 0 aliphatic heterocycles. The number of carbonyl (C=O) groups is 2. The Bertz CT molecular complexity index is 1820. The molecule has 2 aromatic carbocycles. The van der Waals surface area contributed by atoms with Crippen molar-refractivity contribution >= 4 is 45.5 Å². The molecule has 5 rings (SSSR count). The van der Waals surface area contributed by atoms with E-state index in [4.69, 9.17) is 11.6 Å². The van der Waals surface area contributed by atoms with Gasteiger partial charge in [-0.1, -0.05) is 12.1 Å². The lowest BCUT2D eigenvalue weighted by Crippen LogP contribution is -2.13. The molecule has 204 valence electrons. The highest BCUT2D eigenvalue weighted by molar-refractivity contribution is 6.19. The SMILES string of the molecule is Cn1cnc2cc(-c3cccn4c(C(=O)c5cc(F)c(NC(=O)/C=C/CCl)c(F)c5)ccc34)c(C(F)(F)F)cc21. The van der Waals surface area contributed by atoms with Gasteiger partial charge in [-0.2, -0.15) is 13.2 Å². The molecule has 0 aliphatic carbocycles. The lowest BCUT2D eigenvalue weighted by atomic mass is 9.98. The first kappa shape index (κ1) is 27.1. The predicted octanol–water partition coefficient (Wildman–Crippen LogP) is 6.75. The summed E-state index contributed by atoms with van der Waals surface area (Å²) in [5.74, 6) is -3.95. The van der Waals surface area contributed by atoms with Crippen LogP contribution in [0.1, 0.15) is 21.6 Å². The van der Waals surface area contributed by atoms with Crippen molar-refractivity contribution in [1.29, 1.82) is 0 Å². The minimum Gasteiger partial charge on any atom is -0.334 e. The summed E-state index contributed by atoms with van der Waals surface area (Å²) < 4.78 is 74.6. The third-order valence-corrected chi connectivity index (χ3v) is 6.47. The van der Waals surface area contributed by atoms with Crippen molar-refractivity contribution < 1.29 is 31.5 Å². The third-order valence-electron chi connectivity index (χ3n) is 6.30. The third kappa shape index (κ3) is 4.84. The maximum absolute atomic E-state index is 14.7. The van der Waals surface area contributed by atoms with Crippen LogP contribution in [0, 0.1) is 11.6 Å². The largest absolute Gasteiger partial charge is 0.417 e. The number of benzene rings is 2. The van der Waals surface area contributed by atoms with Gasteiger partial charge in [0.05, 0.1) is 34.1 Å². The summed E-state index contributed by atoms with van der Waals surface area (Å²) in [6.07, 6.45) is 0.476. The van der Waals surface area contributed by atoms with Crippen molar-refractivity contribution in [2.45, 2.75) is 6.18 Å². The van der Waals surface area contributed by atoms with Crippen molar-refractivity contribution in [2.24, 2.45) is 7.05 Å². The van der Waals surface area contributed by atoms with Crippen LogP contribution < -0.4 is 5.32 Å². The predicted molar refractivity (Wildman–Crippen MR) is 140 cm³/mol. The fourth-order valence-electron chi connectivity index (χ4n) is 4.47. The number of fused-ring (bicyclic) bond motifs is 2. The molecule has 5 aromatic rings. The van der Waals surface area contributed by atoms with Crippen molar-refractivity contribution in [3.05, 3.63) is 102 Å². The molecule has 0 fully saturated rings. The summed E-state index contributed by atoms with van der Waals surface area (Å²) in [5.41, 5.74) is -1.06. The van der Waals surface area contributed by atoms with Gasteiger partial charge in [0.2, 0.25) is 11.7 Å². The number of halogens is 6. The summed E-state index contributed by atoms with van der Waals surface area (Å²) >= 11 is 5.45. The van der Waals surface area contributed by atoms with E-state index in [-0.39, 0.29) is 33.8 Å². The zero-order chi connectivity index (χ0) is 28.8. The molecule has 0 bridgehead atoms. The number of amides is 1. The summed E-state index contributed by atoms with van der Waals surface area (Å²) in [6.45, 7) is 0. The Morgan fingerprint density at radius 1 is 1.02 bits per heavy atom. The number of nitrogens with zero attached hydrogens (tertiary/aromatic N) is 3. The minimum atomic E-state index is -4.68. The van der Waals surface area contributed by atoms with Crippen molar-refractivity contribution in [3.8, 4) is 11.1 Å². The molecule has 0 radical (unpaired) electrons. The fourth-order valence-corrected chi connectivity index (χ4v) is 4.56. The van der Waals surface area contributed by atoms with Crippen molar-refractivity contribution in [3.63, 3.8) is 0 Å². The number of nitrogens with one attached hydrogen (secondary N) is 1. The zero-order valence-corrected chi connectivity index (χ0v) is 21.3. The van der Waals surface area contributed by atoms with Gasteiger partial charge in [0.1, 0.15) is 17.3 Å². The second-order valence-corrected chi connectivity index (χ2v) is 9.13. The van der Waals surface area contributed by atoms with Crippen LogP contribution in [-0.4, -0.2) is 31.5 Å². The van der Waals surface area contributed by atoms with Gasteiger partial charge in [0.25, 0.3) is 0 Å². The second-order valence-electron chi connectivity index (χ2n) is 8.83. The second kappa shape index (κ2) is 10.2. The quantitative estimate of drug-likeness (QED) is 0.106. The number of aromatic nitrogens is 3. The molecule has 1 N–H and O–H groups in total. The number of imidazole rings is 1. The molecule has 0 spiro atoms. The molecule has 40 heavy (non-hydrogen) atoms. The average molecular weight is 573 g/mol. The summed E-state index contributed by atoms with van der Waals surface area (Å²) in [5, 5.41) is 2.05. The van der Waals surface area contributed by atoms with Gasteiger partial charge in [-0.15, -0.1) is 11.6 Å². The van der Waals surface area contributed by atoms with E-state index >= 15 is 0 Å². The maximum Gasteiger partial charge on any atom is 0.417 e. The van der Waals surface area contributed by atoms with Crippen molar-refractivity contribution in [1.82, 2.24) is 14.0 Å². The Kier molecular flexibility index (Phi) is 6.92. The van der Waals surface area contributed by atoms with E-state index < -0.39 is 40.8 Å². The molecule has 12 heteroatoms. The molecule has 6 nitrogen and oxygen atoms in total. The fraction of sp³-hybridized carbons (Fsp3) is 0.107. The van der Waals surface area contributed by atoms with E-state index in [0.717, 1.165) is 24.3 Å². The number of rotatable bonds is 6. The molecule has 0 atom stereocenters. The first-order valence-electron chi connectivity index (χ1n) is 11.7. The Morgan fingerprint density at radius 3 is 2.42 bits per heavy atom. The molecule has 0 saturated carbocycles.